The van der Waals surface area contributed by atoms with Gasteiger partial charge in [0.15, 0.2) is 0 Å². The quantitative estimate of drug-likeness (QED) is 0.305. The molecule has 0 amide bonds. The average molecular weight is 375 g/mol. The number of sulfonamides is 1. The molecule has 1 N–H and O–H groups in total. The molecule has 2 rings (SSSR count). The number of phosphoric ester groups is 1. The number of rotatable bonds is 6. The molecule has 0 saturated heterocycles. The molecule has 0 aliphatic carbocycles. The maximum absolute atomic E-state index is 12.0. The summed E-state index contributed by atoms with van der Waals surface area (Å²) in [7, 11) is -8.88. The van der Waals surface area contributed by atoms with Crippen LogP contribution in [0, 0.1) is 0 Å². The van der Waals surface area contributed by atoms with Gasteiger partial charge in [-0.05, 0) is 22.9 Å². The summed E-state index contributed by atoms with van der Waals surface area (Å²) in [5.41, 5.74) is 0. The predicted molar refractivity (Wildman–Crippen MR) is 72.7 cm³/mol. The van der Waals surface area contributed by atoms with Gasteiger partial charge in [0.05, 0.1) is 19.3 Å². The Hall–Kier alpha value is 0.720. The second-order valence-electron chi connectivity index (χ2n) is 4.19. The van der Waals surface area contributed by atoms with Crippen molar-refractivity contribution >= 4 is 28.6 Å². The Morgan fingerprint density at radius 3 is 2.26 bits per heavy atom. The van der Waals surface area contributed by atoms with E-state index in [-0.39, 0.29) is 70.6 Å². The largest absolute Gasteiger partial charge is 1.00 e. The third-order valence-corrected chi connectivity index (χ3v) is 4.63. The molecule has 0 bridgehead atoms. The SMILES string of the molecule is O=P([O-])([O-])OCCNS(=O)(=O)c1ccc2ccccc2c1.[Na+].[Na+]. The summed E-state index contributed by atoms with van der Waals surface area (Å²) in [6, 6.07) is 11.9. The molecular formula is C12H12NNa2O6PS. The van der Waals surface area contributed by atoms with Crippen molar-refractivity contribution in [3.05, 3.63) is 42.5 Å². The Labute approximate surface area is 178 Å². The van der Waals surface area contributed by atoms with Crippen LogP contribution in [0.3, 0.4) is 0 Å². The fourth-order valence-corrected chi connectivity index (χ4v) is 3.11. The zero-order chi connectivity index (χ0) is 15.5. The molecule has 0 saturated carbocycles. The van der Waals surface area contributed by atoms with Crippen LogP contribution in [-0.4, -0.2) is 21.6 Å². The molecule has 0 spiro atoms. The Balaban J connectivity index is 0.00000242. The molecule has 23 heavy (non-hydrogen) atoms. The number of hydrogen-bond donors (Lipinski definition) is 1. The monoisotopic (exact) mass is 375 g/mol. The summed E-state index contributed by atoms with van der Waals surface area (Å²) in [5, 5.41) is 1.67. The van der Waals surface area contributed by atoms with E-state index in [0.29, 0.717) is 0 Å². The van der Waals surface area contributed by atoms with Crippen molar-refractivity contribution < 1.29 is 86.4 Å². The maximum atomic E-state index is 12.0. The van der Waals surface area contributed by atoms with E-state index in [1.54, 1.807) is 18.2 Å². The van der Waals surface area contributed by atoms with E-state index < -0.39 is 24.5 Å². The van der Waals surface area contributed by atoms with Crippen molar-refractivity contribution in [2.24, 2.45) is 0 Å². The van der Waals surface area contributed by atoms with Gasteiger partial charge in [0, 0.05) is 6.54 Å². The van der Waals surface area contributed by atoms with Crippen molar-refractivity contribution in [2.75, 3.05) is 13.2 Å². The molecule has 0 heterocycles. The van der Waals surface area contributed by atoms with Gasteiger partial charge in [0.1, 0.15) is 0 Å². The second-order valence-corrected chi connectivity index (χ2v) is 7.11. The predicted octanol–water partition coefficient (Wildman–Crippen LogP) is -6.03. The van der Waals surface area contributed by atoms with Gasteiger partial charge in [-0.15, -0.1) is 0 Å². The minimum absolute atomic E-state index is 0. The molecule has 0 unspecified atom stereocenters. The smallest absolute Gasteiger partial charge is 0.790 e. The summed E-state index contributed by atoms with van der Waals surface area (Å²) in [6.07, 6.45) is 0. The van der Waals surface area contributed by atoms with Crippen LogP contribution < -0.4 is 73.6 Å². The van der Waals surface area contributed by atoms with E-state index in [0.717, 1.165) is 10.8 Å². The van der Waals surface area contributed by atoms with Gasteiger partial charge >= 0.3 is 59.1 Å². The molecule has 114 valence electrons. The Morgan fingerprint density at radius 1 is 1.04 bits per heavy atom. The van der Waals surface area contributed by atoms with Crippen molar-refractivity contribution in [1.29, 1.82) is 0 Å². The molecule has 11 heteroatoms. The van der Waals surface area contributed by atoms with Gasteiger partial charge in [-0.2, -0.15) is 0 Å². The van der Waals surface area contributed by atoms with E-state index in [1.807, 2.05) is 12.1 Å². The number of hydrogen-bond acceptors (Lipinski definition) is 6. The summed E-state index contributed by atoms with van der Waals surface area (Å²) < 4.78 is 40.4. The maximum Gasteiger partial charge on any atom is 1.00 e. The summed E-state index contributed by atoms with van der Waals surface area (Å²) >= 11 is 0. The first kappa shape index (κ1) is 23.7. The fraction of sp³-hybridized carbons (Fsp3) is 0.167. The molecule has 0 aliphatic rings. The van der Waals surface area contributed by atoms with Crippen LogP contribution in [0.5, 0.6) is 0 Å². The van der Waals surface area contributed by atoms with E-state index in [1.165, 1.54) is 12.1 Å². The molecule has 2 aromatic carbocycles. The van der Waals surface area contributed by atoms with Crippen molar-refractivity contribution in [1.82, 2.24) is 4.72 Å². The van der Waals surface area contributed by atoms with E-state index in [4.69, 9.17) is 0 Å². The number of phosphoric acid groups is 1. The Kier molecular flexibility index (Phi) is 10.3. The van der Waals surface area contributed by atoms with Crippen LogP contribution in [0.25, 0.3) is 10.8 Å². The van der Waals surface area contributed by atoms with Gasteiger partial charge in [0.25, 0.3) is 0 Å². The van der Waals surface area contributed by atoms with Crippen LogP contribution in [-0.2, 0) is 19.1 Å². The zero-order valence-electron chi connectivity index (χ0n) is 12.8. The van der Waals surface area contributed by atoms with Crippen LogP contribution in [0.2, 0.25) is 0 Å². The zero-order valence-corrected chi connectivity index (χ0v) is 18.5. The molecule has 2 aromatic rings. The first-order chi connectivity index (χ1) is 9.78. The summed E-state index contributed by atoms with van der Waals surface area (Å²) in [4.78, 5) is 20.5. The van der Waals surface area contributed by atoms with Crippen LogP contribution in [0.15, 0.2) is 47.4 Å². The molecular weight excluding hydrogens is 363 g/mol. The fourth-order valence-electron chi connectivity index (χ4n) is 1.75. The summed E-state index contributed by atoms with van der Waals surface area (Å²) in [5.74, 6) is 0. The van der Waals surface area contributed by atoms with Gasteiger partial charge < -0.3 is 18.9 Å². The molecule has 0 atom stereocenters. The first-order valence-electron chi connectivity index (χ1n) is 5.93. The second kappa shape index (κ2) is 10.0. The molecule has 0 radical (unpaired) electrons. The molecule has 7 nitrogen and oxygen atoms in total. The van der Waals surface area contributed by atoms with E-state index >= 15 is 0 Å². The number of fused-ring (bicyclic) bond motifs is 1. The standard InChI is InChI=1S/C12H14NO6PS.2Na/c14-20(15,16)19-8-7-13-21(17,18)12-6-5-10-3-1-2-4-11(10)9-12;;/h1-6,9,13H,7-8H2,(H2,14,15,16);;/q;2*+1/p-2. The van der Waals surface area contributed by atoms with E-state index in [2.05, 4.69) is 9.25 Å². The normalized spacial score (nSPS) is 11.6. The molecule has 0 aliphatic heterocycles. The molecule has 0 aromatic heterocycles. The minimum atomic E-state index is -5.09. The van der Waals surface area contributed by atoms with Crippen LogP contribution in [0.4, 0.5) is 0 Å². The van der Waals surface area contributed by atoms with Gasteiger partial charge in [-0.25, -0.2) is 13.1 Å². The average Bonchev–Trinajstić information content (AvgIpc) is 2.42. The minimum Gasteiger partial charge on any atom is -0.790 e. The third kappa shape index (κ3) is 7.64. The van der Waals surface area contributed by atoms with Crippen LogP contribution >= 0.6 is 7.82 Å². The van der Waals surface area contributed by atoms with Crippen molar-refractivity contribution in [3.63, 3.8) is 0 Å². The van der Waals surface area contributed by atoms with Gasteiger partial charge in [-0.1, -0.05) is 30.3 Å². The van der Waals surface area contributed by atoms with Crippen LogP contribution in [0.1, 0.15) is 0 Å². The first-order valence-corrected chi connectivity index (χ1v) is 8.87. The third-order valence-electron chi connectivity index (χ3n) is 2.67. The van der Waals surface area contributed by atoms with Gasteiger partial charge in [-0.3, -0.25) is 0 Å². The topological polar surface area (TPSA) is 119 Å². The van der Waals surface area contributed by atoms with Crippen molar-refractivity contribution in [3.8, 4) is 0 Å². The Bertz CT molecular complexity index is 795. The number of benzene rings is 2. The summed E-state index contributed by atoms with van der Waals surface area (Å²) in [6.45, 7) is -0.860. The Morgan fingerprint density at radius 2 is 1.65 bits per heavy atom. The number of nitrogens with one attached hydrogen (secondary N) is 1. The van der Waals surface area contributed by atoms with Gasteiger partial charge in [0.2, 0.25) is 10.0 Å². The molecule has 0 fully saturated rings. The van der Waals surface area contributed by atoms with E-state index in [9.17, 15) is 22.8 Å². The van der Waals surface area contributed by atoms with Crippen molar-refractivity contribution in [2.45, 2.75) is 4.90 Å².